The van der Waals surface area contributed by atoms with Crippen molar-refractivity contribution in [3.05, 3.63) is 60.7 Å². The minimum absolute atomic E-state index is 0.0842. The van der Waals surface area contributed by atoms with Crippen molar-refractivity contribution in [1.29, 1.82) is 0 Å². The van der Waals surface area contributed by atoms with E-state index >= 15 is 0 Å². The van der Waals surface area contributed by atoms with Crippen molar-refractivity contribution in [2.45, 2.75) is 18.8 Å². The molecule has 1 unspecified atom stereocenters. The normalized spacial score (nSPS) is 18.4. The van der Waals surface area contributed by atoms with Crippen molar-refractivity contribution in [3.8, 4) is 11.1 Å². The van der Waals surface area contributed by atoms with E-state index in [1.165, 1.54) is 6.26 Å². The van der Waals surface area contributed by atoms with Crippen LogP contribution in [0.4, 0.5) is 0 Å². The second kappa shape index (κ2) is 6.89. The predicted octanol–water partition coefficient (Wildman–Crippen LogP) is 3.08. The zero-order valence-electron chi connectivity index (χ0n) is 16.1. The molecule has 5 rings (SSSR count). The summed E-state index contributed by atoms with van der Waals surface area (Å²) in [6.07, 6.45) is 8.59. The van der Waals surface area contributed by atoms with E-state index in [4.69, 9.17) is 4.98 Å². The summed E-state index contributed by atoms with van der Waals surface area (Å²) < 4.78 is 27.2. The van der Waals surface area contributed by atoms with E-state index in [2.05, 4.69) is 16.1 Å². The molecule has 1 aliphatic heterocycles. The number of rotatable bonds is 3. The smallest absolute Gasteiger partial charge is 0.211 e. The van der Waals surface area contributed by atoms with Crippen LogP contribution in [0.5, 0.6) is 0 Å². The third kappa shape index (κ3) is 3.38. The highest BCUT2D eigenvalue weighted by Gasteiger charge is 2.28. The summed E-state index contributed by atoms with van der Waals surface area (Å²) >= 11 is 0. The Hall–Kier alpha value is -2.84. The maximum absolute atomic E-state index is 12.0. The average molecular weight is 407 g/mol. The Labute approximate surface area is 169 Å². The summed E-state index contributed by atoms with van der Waals surface area (Å²) in [5, 5.41) is 5.50. The molecule has 0 bridgehead atoms. The summed E-state index contributed by atoms with van der Waals surface area (Å²) in [6, 6.07) is 12.0. The van der Waals surface area contributed by atoms with Crippen LogP contribution in [0.3, 0.4) is 0 Å². The molecule has 7 nitrogen and oxygen atoms in total. The zero-order chi connectivity index (χ0) is 20.0. The highest BCUT2D eigenvalue weighted by Crippen LogP contribution is 2.30. The molecule has 8 heteroatoms. The Kier molecular flexibility index (Phi) is 4.33. The van der Waals surface area contributed by atoms with Crippen molar-refractivity contribution >= 4 is 26.6 Å². The Bertz CT molecular complexity index is 1320. The number of benzene rings is 1. The number of para-hydroxylation sites is 1. The molecule has 0 spiro atoms. The van der Waals surface area contributed by atoms with Gasteiger partial charge in [-0.25, -0.2) is 22.2 Å². The maximum atomic E-state index is 12.0. The van der Waals surface area contributed by atoms with E-state index in [1.54, 1.807) is 8.82 Å². The number of piperidine rings is 1. The number of aromatic nitrogens is 4. The largest absolute Gasteiger partial charge is 0.256 e. The molecule has 29 heavy (non-hydrogen) atoms. The minimum Gasteiger partial charge on any atom is -0.256 e. The van der Waals surface area contributed by atoms with Gasteiger partial charge < -0.3 is 0 Å². The van der Waals surface area contributed by atoms with E-state index in [0.29, 0.717) is 13.1 Å². The highest BCUT2D eigenvalue weighted by molar-refractivity contribution is 7.88. The Morgan fingerprint density at radius 3 is 2.86 bits per heavy atom. The molecule has 1 aromatic carbocycles. The van der Waals surface area contributed by atoms with Crippen LogP contribution in [0.2, 0.25) is 0 Å². The minimum atomic E-state index is -3.19. The fraction of sp³-hybridized carbons (Fsp3) is 0.286. The monoisotopic (exact) mass is 407 g/mol. The topological polar surface area (TPSA) is 80.5 Å². The van der Waals surface area contributed by atoms with Gasteiger partial charge in [-0.2, -0.15) is 5.10 Å². The fourth-order valence-electron chi connectivity index (χ4n) is 4.02. The molecule has 1 atom stereocenters. The van der Waals surface area contributed by atoms with E-state index in [0.717, 1.165) is 46.2 Å². The van der Waals surface area contributed by atoms with Crippen molar-refractivity contribution in [2.24, 2.45) is 0 Å². The Morgan fingerprint density at radius 2 is 2.00 bits per heavy atom. The van der Waals surface area contributed by atoms with Crippen LogP contribution in [0.25, 0.3) is 27.7 Å². The molecule has 4 aromatic rings. The molecular weight excluding hydrogens is 386 g/mol. The second-order valence-corrected chi connectivity index (χ2v) is 9.54. The lowest BCUT2D eigenvalue weighted by Gasteiger charge is -2.30. The van der Waals surface area contributed by atoms with Crippen LogP contribution in [-0.2, 0) is 10.0 Å². The fourth-order valence-corrected chi connectivity index (χ4v) is 4.93. The van der Waals surface area contributed by atoms with Gasteiger partial charge in [-0.1, -0.05) is 18.2 Å². The first kappa shape index (κ1) is 18.2. The van der Waals surface area contributed by atoms with Gasteiger partial charge in [0.25, 0.3) is 0 Å². The van der Waals surface area contributed by atoms with E-state index in [1.807, 2.05) is 48.9 Å². The first-order valence-electron chi connectivity index (χ1n) is 9.63. The van der Waals surface area contributed by atoms with Gasteiger partial charge in [0.2, 0.25) is 10.0 Å². The molecule has 4 heterocycles. The molecule has 3 aromatic heterocycles. The first-order valence-corrected chi connectivity index (χ1v) is 11.5. The van der Waals surface area contributed by atoms with Gasteiger partial charge in [0.05, 0.1) is 18.0 Å². The molecule has 0 saturated carbocycles. The predicted molar refractivity (Wildman–Crippen MR) is 112 cm³/mol. The van der Waals surface area contributed by atoms with Gasteiger partial charge in [-0.15, -0.1) is 0 Å². The molecule has 1 saturated heterocycles. The Balaban J connectivity index is 1.55. The van der Waals surface area contributed by atoms with Crippen LogP contribution in [0.15, 0.2) is 55.0 Å². The number of hydrogen-bond donors (Lipinski definition) is 0. The maximum Gasteiger partial charge on any atom is 0.211 e. The van der Waals surface area contributed by atoms with Crippen LogP contribution >= 0.6 is 0 Å². The SMILES string of the molecule is CS(=O)(=O)N1CCCC(c2ccn3ncc(-c4cnc5ccccc5c4)c3n2)C1. The van der Waals surface area contributed by atoms with E-state index in [-0.39, 0.29) is 5.92 Å². The van der Waals surface area contributed by atoms with Gasteiger partial charge in [0.15, 0.2) is 5.65 Å². The Morgan fingerprint density at radius 1 is 1.14 bits per heavy atom. The van der Waals surface area contributed by atoms with Gasteiger partial charge in [0, 0.05) is 53.6 Å². The number of nitrogens with zero attached hydrogens (tertiary/aromatic N) is 5. The molecule has 148 valence electrons. The third-order valence-electron chi connectivity index (χ3n) is 5.56. The third-order valence-corrected chi connectivity index (χ3v) is 6.83. The average Bonchev–Trinajstić information content (AvgIpc) is 3.16. The van der Waals surface area contributed by atoms with Gasteiger partial charge in [-0.3, -0.25) is 4.98 Å². The van der Waals surface area contributed by atoms with E-state index in [9.17, 15) is 8.42 Å². The molecule has 0 N–H and O–H groups in total. The molecule has 1 aliphatic rings. The highest BCUT2D eigenvalue weighted by atomic mass is 32.2. The van der Waals surface area contributed by atoms with Gasteiger partial charge >= 0.3 is 0 Å². The summed E-state index contributed by atoms with van der Waals surface area (Å²) in [6.45, 7) is 1.06. The zero-order valence-corrected chi connectivity index (χ0v) is 16.9. The number of pyridine rings is 1. The standard InChI is InChI=1S/C21H21N5O2S/c1-29(27,28)25-9-4-6-16(14-25)20-8-10-26-21(24-20)18(13-23-26)17-11-15-5-2-3-7-19(15)22-12-17/h2-3,5,7-8,10-13,16H,4,6,9,14H2,1H3. The summed E-state index contributed by atoms with van der Waals surface area (Å²) in [7, 11) is -3.19. The van der Waals surface area contributed by atoms with Crippen LogP contribution in [0.1, 0.15) is 24.5 Å². The summed E-state index contributed by atoms with van der Waals surface area (Å²) in [5.41, 5.74) is 4.49. The molecule has 1 fully saturated rings. The number of fused-ring (bicyclic) bond motifs is 2. The van der Waals surface area contributed by atoms with Crippen molar-refractivity contribution in [3.63, 3.8) is 0 Å². The molecule has 0 amide bonds. The lowest BCUT2D eigenvalue weighted by atomic mass is 9.96. The molecule has 0 radical (unpaired) electrons. The lowest BCUT2D eigenvalue weighted by molar-refractivity contribution is 0.314. The molecule has 0 aliphatic carbocycles. The second-order valence-electron chi connectivity index (χ2n) is 7.56. The van der Waals surface area contributed by atoms with E-state index < -0.39 is 10.0 Å². The van der Waals surface area contributed by atoms with Crippen molar-refractivity contribution in [1.82, 2.24) is 23.9 Å². The van der Waals surface area contributed by atoms with Gasteiger partial charge in [-0.05, 0) is 31.0 Å². The van der Waals surface area contributed by atoms with Crippen LogP contribution in [0, 0.1) is 0 Å². The number of sulfonamides is 1. The quantitative estimate of drug-likeness (QED) is 0.521. The summed E-state index contributed by atoms with van der Waals surface area (Å²) in [5.74, 6) is 0.0842. The van der Waals surface area contributed by atoms with Crippen LogP contribution in [-0.4, -0.2) is 51.7 Å². The number of hydrogen-bond acceptors (Lipinski definition) is 5. The molecular formula is C21H21N5O2S. The van der Waals surface area contributed by atoms with Crippen LogP contribution < -0.4 is 0 Å². The van der Waals surface area contributed by atoms with Gasteiger partial charge in [0.1, 0.15) is 0 Å². The summed E-state index contributed by atoms with van der Waals surface area (Å²) in [4.78, 5) is 9.44. The van der Waals surface area contributed by atoms with Crippen molar-refractivity contribution < 1.29 is 8.42 Å². The first-order chi connectivity index (χ1) is 14.0. The lowest BCUT2D eigenvalue weighted by Crippen LogP contribution is -2.38. The van der Waals surface area contributed by atoms with Crippen molar-refractivity contribution in [2.75, 3.05) is 19.3 Å².